The molecule has 2 aromatic rings. The van der Waals surface area contributed by atoms with Crippen LogP contribution in [-0.4, -0.2) is 58.8 Å². The van der Waals surface area contributed by atoms with Gasteiger partial charge < -0.3 is 4.90 Å². The van der Waals surface area contributed by atoms with Crippen LogP contribution in [0.2, 0.25) is 0 Å². The van der Waals surface area contributed by atoms with Gasteiger partial charge in [0.25, 0.3) is 0 Å². The van der Waals surface area contributed by atoms with E-state index in [0.717, 1.165) is 38.3 Å². The number of Topliss-reactive ketones (excluding diaryl/α,β-unsaturated/α-hetero) is 1. The number of hydrogen-bond donors (Lipinski definition) is 0. The molecule has 1 saturated heterocycles. The van der Waals surface area contributed by atoms with Gasteiger partial charge in [-0.25, -0.2) is 4.39 Å². The summed E-state index contributed by atoms with van der Waals surface area (Å²) in [5.41, 5.74) is 1.11. The summed E-state index contributed by atoms with van der Waals surface area (Å²) < 4.78 is 13.7. The highest BCUT2D eigenvalue weighted by molar-refractivity contribution is 5.89. The fourth-order valence-electron chi connectivity index (χ4n) is 3.57. The summed E-state index contributed by atoms with van der Waals surface area (Å²) in [6.45, 7) is 8.30. The highest BCUT2D eigenvalue weighted by Crippen LogP contribution is 2.20. The summed E-state index contributed by atoms with van der Waals surface area (Å²) in [4.78, 5) is 21.6. The van der Waals surface area contributed by atoms with E-state index in [9.17, 15) is 9.18 Å². The first-order valence-electron chi connectivity index (χ1n) is 9.61. The smallest absolute Gasteiger partial charge is 0.156 e. The van der Waals surface area contributed by atoms with Crippen LogP contribution < -0.4 is 0 Å². The Morgan fingerprint density at radius 1 is 1.07 bits per heavy atom. The topological polar surface area (TPSA) is 36.4 Å². The second-order valence-corrected chi connectivity index (χ2v) is 7.66. The lowest BCUT2D eigenvalue weighted by atomic mass is 9.91. The van der Waals surface area contributed by atoms with Crippen LogP contribution in [0.3, 0.4) is 0 Å². The predicted molar refractivity (Wildman–Crippen MR) is 105 cm³/mol. The van der Waals surface area contributed by atoms with Crippen LogP contribution in [0.1, 0.15) is 25.1 Å². The van der Waals surface area contributed by atoms with Crippen molar-refractivity contribution in [1.82, 2.24) is 14.8 Å². The van der Waals surface area contributed by atoms with Gasteiger partial charge in [-0.3, -0.25) is 14.7 Å². The zero-order chi connectivity index (χ0) is 19.3. The quantitative estimate of drug-likeness (QED) is 0.752. The number of carbonyl (C=O) groups is 1. The Kier molecular flexibility index (Phi) is 6.34. The van der Waals surface area contributed by atoms with Gasteiger partial charge in [-0.2, -0.15) is 0 Å². The van der Waals surface area contributed by atoms with E-state index in [1.807, 2.05) is 44.2 Å². The van der Waals surface area contributed by atoms with Gasteiger partial charge in [0.2, 0.25) is 0 Å². The van der Waals surface area contributed by atoms with E-state index in [4.69, 9.17) is 0 Å². The molecular weight excluding hydrogens is 341 g/mol. The van der Waals surface area contributed by atoms with Crippen molar-refractivity contribution < 1.29 is 9.18 Å². The molecule has 0 atom stereocenters. The SMILES string of the molecule is CC(C)(C(=O)Cc1ccccc1)N1CCN(CCc2ncccc2F)CC1. The molecule has 0 N–H and O–H groups in total. The second kappa shape index (κ2) is 8.72. The average molecular weight is 369 g/mol. The molecule has 27 heavy (non-hydrogen) atoms. The van der Waals surface area contributed by atoms with Gasteiger partial charge in [-0.1, -0.05) is 30.3 Å². The molecule has 1 aliphatic rings. The highest BCUT2D eigenvalue weighted by Gasteiger charge is 2.35. The Balaban J connectivity index is 1.50. The maximum absolute atomic E-state index is 13.7. The molecule has 0 aliphatic carbocycles. The number of aromatic nitrogens is 1. The minimum atomic E-state index is -0.477. The van der Waals surface area contributed by atoms with Gasteiger partial charge in [0.05, 0.1) is 11.2 Å². The molecule has 3 rings (SSSR count). The van der Waals surface area contributed by atoms with Gasteiger partial charge in [0.15, 0.2) is 5.78 Å². The maximum Gasteiger partial charge on any atom is 0.156 e. The number of rotatable bonds is 7. The number of halogens is 1. The Morgan fingerprint density at radius 2 is 1.78 bits per heavy atom. The van der Waals surface area contributed by atoms with Crippen LogP contribution in [-0.2, 0) is 17.6 Å². The van der Waals surface area contributed by atoms with Crippen molar-refractivity contribution in [3.63, 3.8) is 0 Å². The molecule has 0 spiro atoms. The molecule has 144 valence electrons. The number of piperazine rings is 1. The Labute approximate surface area is 161 Å². The minimum Gasteiger partial charge on any atom is -0.300 e. The summed E-state index contributed by atoms with van der Waals surface area (Å²) in [5, 5.41) is 0. The van der Waals surface area contributed by atoms with Gasteiger partial charge in [-0.15, -0.1) is 0 Å². The molecule has 1 aromatic carbocycles. The first-order valence-corrected chi connectivity index (χ1v) is 9.61. The third kappa shape index (κ3) is 4.99. The number of benzene rings is 1. The third-order valence-corrected chi connectivity index (χ3v) is 5.55. The molecule has 1 aromatic heterocycles. The van der Waals surface area contributed by atoms with Crippen molar-refractivity contribution in [2.75, 3.05) is 32.7 Å². The molecular formula is C22H28FN3O. The van der Waals surface area contributed by atoms with Crippen molar-refractivity contribution in [1.29, 1.82) is 0 Å². The summed E-state index contributed by atoms with van der Waals surface area (Å²) in [7, 11) is 0. The van der Waals surface area contributed by atoms with E-state index in [1.165, 1.54) is 6.07 Å². The van der Waals surface area contributed by atoms with Gasteiger partial charge >= 0.3 is 0 Å². The van der Waals surface area contributed by atoms with E-state index >= 15 is 0 Å². The zero-order valence-electron chi connectivity index (χ0n) is 16.2. The van der Waals surface area contributed by atoms with E-state index in [1.54, 1.807) is 12.3 Å². The highest BCUT2D eigenvalue weighted by atomic mass is 19.1. The monoisotopic (exact) mass is 369 g/mol. The lowest BCUT2D eigenvalue weighted by Gasteiger charge is -2.43. The molecule has 5 heteroatoms. The molecule has 2 heterocycles. The van der Waals surface area contributed by atoms with E-state index < -0.39 is 5.54 Å². The fraction of sp³-hybridized carbons (Fsp3) is 0.455. The zero-order valence-corrected chi connectivity index (χ0v) is 16.2. The predicted octanol–water partition coefficient (Wildman–Crippen LogP) is 2.97. The molecule has 1 aliphatic heterocycles. The van der Waals surface area contributed by atoms with Crippen LogP contribution >= 0.6 is 0 Å². The molecule has 1 fully saturated rings. The third-order valence-electron chi connectivity index (χ3n) is 5.55. The molecule has 0 amide bonds. The van der Waals surface area contributed by atoms with Crippen molar-refractivity contribution in [2.24, 2.45) is 0 Å². The fourth-order valence-corrected chi connectivity index (χ4v) is 3.57. The number of pyridine rings is 1. The number of nitrogens with zero attached hydrogens (tertiary/aromatic N) is 3. The van der Waals surface area contributed by atoms with Crippen LogP contribution in [0, 0.1) is 5.82 Å². The second-order valence-electron chi connectivity index (χ2n) is 7.66. The van der Waals surface area contributed by atoms with Crippen molar-refractivity contribution >= 4 is 5.78 Å². The average Bonchev–Trinajstić information content (AvgIpc) is 2.68. The summed E-state index contributed by atoms with van der Waals surface area (Å²) in [6, 6.07) is 13.0. The number of hydrogen-bond acceptors (Lipinski definition) is 4. The standard InChI is InChI=1S/C22H28FN3O/c1-22(2,21(27)17-18-7-4-3-5-8-18)26-15-13-25(14-16-26)12-10-20-19(23)9-6-11-24-20/h3-9,11H,10,12-17H2,1-2H3. The number of carbonyl (C=O) groups excluding carboxylic acids is 1. The van der Waals surface area contributed by atoms with Crippen LogP contribution in [0.25, 0.3) is 0 Å². The Hall–Kier alpha value is -2.11. The van der Waals surface area contributed by atoms with Crippen molar-refractivity contribution in [3.8, 4) is 0 Å². The molecule has 4 nitrogen and oxygen atoms in total. The molecule has 0 saturated carbocycles. The molecule has 0 unspecified atom stereocenters. The first kappa shape index (κ1) is 19.6. The Morgan fingerprint density at radius 3 is 2.44 bits per heavy atom. The van der Waals surface area contributed by atoms with Gasteiger partial charge in [0, 0.05) is 51.8 Å². The summed E-state index contributed by atoms with van der Waals surface area (Å²) >= 11 is 0. The molecule has 0 radical (unpaired) electrons. The van der Waals surface area contributed by atoms with Crippen molar-refractivity contribution in [2.45, 2.75) is 32.2 Å². The first-order chi connectivity index (χ1) is 13.0. The summed E-state index contributed by atoms with van der Waals surface area (Å²) in [5.74, 6) is 0.0153. The normalized spacial score (nSPS) is 16.4. The lowest BCUT2D eigenvalue weighted by molar-refractivity contribution is -0.130. The number of ketones is 1. The van der Waals surface area contributed by atoms with Crippen LogP contribution in [0.4, 0.5) is 4.39 Å². The van der Waals surface area contributed by atoms with E-state index in [2.05, 4.69) is 14.8 Å². The van der Waals surface area contributed by atoms with Gasteiger partial charge in [0.1, 0.15) is 5.82 Å². The van der Waals surface area contributed by atoms with Crippen LogP contribution in [0.15, 0.2) is 48.7 Å². The molecule has 0 bridgehead atoms. The van der Waals surface area contributed by atoms with Crippen molar-refractivity contribution in [3.05, 3.63) is 65.7 Å². The largest absolute Gasteiger partial charge is 0.300 e. The summed E-state index contributed by atoms with van der Waals surface area (Å²) in [6.07, 6.45) is 2.72. The lowest BCUT2D eigenvalue weighted by Crippen LogP contribution is -2.58. The minimum absolute atomic E-state index is 0.233. The van der Waals surface area contributed by atoms with E-state index in [-0.39, 0.29) is 11.6 Å². The maximum atomic E-state index is 13.7. The Bertz CT molecular complexity index is 755. The van der Waals surface area contributed by atoms with E-state index in [0.29, 0.717) is 18.5 Å². The van der Waals surface area contributed by atoms with Crippen LogP contribution in [0.5, 0.6) is 0 Å². The van der Waals surface area contributed by atoms with Gasteiger partial charge in [-0.05, 0) is 31.5 Å².